The molecule has 9 rings (SSSR count). The molecule has 0 saturated carbocycles. The van der Waals surface area contributed by atoms with Crippen molar-refractivity contribution < 1.29 is 51.4 Å². The number of nitrogens with zero attached hydrogens (tertiary/aromatic N) is 7. The number of likely N-dealkylation sites (N-methyl/N-ethyl adjacent to an activating group) is 1. The Hall–Kier alpha value is -5.57. The van der Waals surface area contributed by atoms with E-state index < -0.39 is 72.0 Å². The Morgan fingerprint density at radius 1 is 1.08 bits per heavy atom. The van der Waals surface area contributed by atoms with E-state index in [1.807, 2.05) is 51.7 Å². The monoisotopic (exact) mass is 1010 g/mol. The van der Waals surface area contributed by atoms with Gasteiger partial charge in [0.2, 0.25) is 11.8 Å². The van der Waals surface area contributed by atoms with Gasteiger partial charge in [0.25, 0.3) is 5.91 Å². The van der Waals surface area contributed by atoms with Crippen LogP contribution in [-0.2, 0) is 46.4 Å². The third-order valence-electron chi connectivity index (χ3n) is 15.2. The molecule has 72 heavy (non-hydrogen) atoms. The zero-order valence-corrected chi connectivity index (χ0v) is 42.7. The number of hydrogen-bond donors (Lipinski definition) is 2. The largest absolute Gasteiger partial charge is 0.464 e. The number of ether oxygens (including phenoxy) is 3. The molecule has 392 valence electrons. The molecule has 5 atom stereocenters. The summed E-state index contributed by atoms with van der Waals surface area (Å²) in [5.74, 6) is -2.16. The highest BCUT2D eigenvalue weighted by molar-refractivity contribution is 5.94. The predicted molar refractivity (Wildman–Crippen MR) is 262 cm³/mol. The maximum atomic E-state index is 14.7. The number of fused-ring (bicyclic) bond motifs is 6. The normalized spacial score (nSPS) is 25.4. The first-order chi connectivity index (χ1) is 34.0. The van der Waals surface area contributed by atoms with Crippen LogP contribution in [0.4, 0.5) is 18.0 Å². The van der Waals surface area contributed by atoms with Crippen LogP contribution in [-0.4, -0.2) is 167 Å². The molecule has 1 spiro atoms. The maximum Gasteiger partial charge on any atom is 0.406 e. The highest BCUT2D eigenvalue weighted by Crippen LogP contribution is 2.43. The van der Waals surface area contributed by atoms with Gasteiger partial charge in [-0.3, -0.25) is 34.1 Å². The Bertz CT molecular complexity index is 2550. The fraction of sp³-hybridized carbons (Fsp3) is 0.615. The lowest BCUT2D eigenvalue weighted by Gasteiger charge is -2.43. The van der Waals surface area contributed by atoms with Gasteiger partial charge in [-0.15, -0.1) is 0 Å². The summed E-state index contributed by atoms with van der Waals surface area (Å²) in [6, 6.07) is 5.77. The summed E-state index contributed by atoms with van der Waals surface area (Å²) in [5.41, 5.74) is 5.07. The Kier molecular flexibility index (Phi) is 15.2. The topological polar surface area (TPSA) is 171 Å². The first-order valence-electron chi connectivity index (χ1n) is 25.1. The first kappa shape index (κ1) is 52.7. The molecule has 4 saturated heterocycles. The number of esters is 1. The van der Waals surface area contributed by atoms with Gasteiger partial charge in [0.1, 0.15) is 30.9 Å². The molecule has 4 fully saturated rings. The minimum absolute atomic E-state index is 0.0461. The molecule has 17 nitrogen and oxygen atoms in total. The molecular weight excluding hydrogens is 936 g/mol. The number of benzene rings is 1. The fourth-order valence-electron chi connectivity index (χ4n) is 11.3. The second-order valence-electron chi connectivity index (χ2n) is 21.5. The molecule has 3 aromatic rings. The van der Waals surface area contributed by atoms with Crippen molar-refractivity contribution in [2.24, 2.45) is 11.3 Å². The van der Waals surface area contributed by atoms with Crippen molar-refractivity contribution in [3.8, 4) is 11.3 Å². The van der Waals surface area contributed by atoms with E-state index in [9.17, 15) is 37.1 Å². The number of nitrogens with one attached hydrogen (secondary N) is 2. The Morgan fingerprint density at radius 3 is 2.47 bits per heavy atom. The smallest absolute Gasteiger partial charge is 0.406 e. The van der Waals surface area contributed by atoms with Gasteiger partial charge >= 0.3 is 18.2 Å². The molecule has 20 heteroatoms. The van der Waals surface area contributed by atoms with Crippen LogP contribution in [0.3, 0.4) is 0 Å². The van der Waals surface area contributed by atoms with Crippen LogP contribution < -0.4 is 10.7 Å². The average molecular weight is 1010 g/mol. The van der Waals surface area contributed by atoms with Crippen molar-refractivity contribution >= 4 is 40.6 Å². The summed E-state index contributed by atoms with van der Waals surface area (Å²) in [6.45, 7) is 15.9. The van der Waals surface area contributed by atoms with Gasteiger partial charge in [0.05, 0.1) is 36.2 Å². The number of pyridine rings is 1. The summed E-state index contributed by atoms with van der Waals surface area (Å²) < 4.78 is 63.3. The number of likely N-dealkylation sites (tertiary alicyclic amines) is 1. The molecule has 2 aromatic heterocycles. The third kappa shape index (κ3) is 10.9. The first-order valence-corrected chi connectivity index (χ1v) is 25.1. The molecular formula is C52H70F3N9O8. The van der Waals surface area contributed by atoms with Crippen molar-refractivity contribution in [1.82, 2.24) is 44.9 Å². The number of piperidine rings is 1. The van der Waals surface area contributed by atoms with Crippen molar-refractivity contribution in [3.05, 3.63) is 66.0 Å². The SMILES string of the molecule is C=CC(=O)N1CC2(CCN(C(=O)N(C)[C@H](C(=O)N[C@H]3CN4CC(C4)c4ccc5c(c4)c(c(-c4cccnc4[C@H](C)OC)n5CC(F)(F)F)CC(C)(C)COC(=O)[C@@H]4CCCN(N4)C3=O)C(C)C)CC2)O[C@@H]1C. The predicted octanol–water partition coefficient (Wildman–Crippen LogP) is 5.78. The number of alkyl halides is 3. The number of rotatable bonds is 9. The minimum atomic E-state index is -4.57. The zero-order chi connectivity index (χ0) is 52.0. The van der Waals surface area contributed by atoms with E-state index in [2.05, 4.69) is 22.3 Å². The molecule has 6 bridgehead atoms. The molecule has 8 heterocycles. The molecule has 2 N–H and O–H groups in total. The Balaban J connectivity index is 1.08. The second-order valence-corrected chi connectivity index (χ2v) is 21.5. The number of methoxy groups -OCH3 is 1. The van der Waals surface area contributed by atoms with Gasteiger partial charge in [0, 0.05) is 87.4 Å². The van der Waals surface area contributed by atoms with E-state index in [1.54, 1.807) is 48.2 Å². The number of carbonyl (C=O) groups is 5. The van der Waals surface area contributed by atoms with E-state index in [1.165, 1.54) is 27.7 Å². The van der Waals surface area contributed by atoms with Gasteiger partial charge in [0.15, 0.2) is 0 Å². The quantitative estimate of drug-likeness (QED) is 0.197. The van der Waals surface area contributed by atoms with E-state index in [-0.39, 0.29) is 49.9 Å². The minimum Gasteiger partial charge on any atom is -0.464 e. The van der Waals surface area contributed by atoms with E-state index in [0.29, 0.717) is 91.8 Å². The van der Waals surface area contributed by atoms with Gasteiger partial charge in [-0.05, 0) is 93.3 Å². The van der Waals surface area contributed by atoms with Gasteiger partial charge < -0.3 is 38.8 Å². The van der Waals surface area contributed by atoms with Crippen molar-refractivity contribution in [2.75, 3.05) is 66.6 Å². The van der Waals surface area contributed by atoms with Gasteiger partial charge in [-0.2, -0.15) is 13.2 Å². The summed E-state index contributed by atoms with van der Waals surface area (Å²) >= 11 is 0. The number of carbonyl (C=O) groups excluding carboxylic acids is 5. The lowest BCUT2D eigenvalue weighted by molar-refractivity contribution is -0.156. The average Bonchev–Trinajstić information content (AvgIpc) is 3.80. The van der Waals surface area contributed by atoms with Crippen LogP contribution in [0.5, 0.6) is 0 Å². The van der Waals surface area contributed by atoms with Gasteiger partial charge in [-0.25, -0.2) is 10.2 Å². The molecule has 6 aliphatic rings. The molecule has 5 amide bonds. The van der Waals surface area contributed by atoms with E-state index in [4.69, 9.17) is 14.2 Å². The third-order valence-corrected chi connectivity index (χ3v) is 15.2. The second kappa shape index (κ2) is 20.7. The van der Waals surface area contributed by atoms with Crippen LogP contribution in [0.15, 0.2) is 49.2 Å². The van der Waals surface area contributed by atoms with Crippen LogP contribution in [0.1, 0.15) is 96.1 Å². The van der Waals surface area contributed by atoms with Crippen LogP contribution in [0.25, 0.3) is 22.2 Å². The Morgan fingerprint density at radius 2 is 1.81 bits per heavy atom. The highest BCUT2D eigenvalue weighted by atomic mass is 19.4. The van der Waals surface area contributed by atoms with Crippen LogP contribution in [0, 0.1) is 11.3 Å². The standard InChI is InChI=1S/C52H70F3N9O8/c1-10-42(65)62-28-51(72-33(62)5)17-21-61(22-18-51)49(69)59(8)44(31(2)3)46(66)57-40-27-60-25-35(26-60)34-15-16-41-37(23-34)38(24-50(6,7)30-71-48(68)39-14-12-20-64(58-39)47(40)67)45(63(41)29-52(53,54)55)36-13-11-19-56-43(36)32(4)70-9/h10-11,13,15-16,19,23,31-33,35,39-40,44,58H,1,12,14,17-18,20-22,24-30H2,2-9H3,(H,57,66)/t32-,33+,39-,40-,44-/m0/s1. The summed E-state index contributed by atoms with van der Waals surface area (Å²) in [7, 11) is 3.11. The number of halogens is 3. The van der Waals surface area contributed by atoms with E-state index >= 15 is 0 Å². The lowest BCUT2D eigenvalue weighted by Crippen LogP contribution is -2.65. The summed E-state index contributed by atoms with van der Waals surface area (Å²) in [6.07, 6.45) is -0.562. The zero-order valence-electron chi connectivity index (χ0n) is 42.7. The van der Waals surface area contributed by atoms with E-state index in [0.717, 1.165) is 5.56 Å². The molecule has 1 aromatic carbocycles. The maximum absolute atomic E-state index is 14.7. The number of hydrazine groups is 1. The summed E-state index contributed by atoms with van der Waals surface area (Å²) in [4.78, 5) is 81.2. The number of aromatic nitrogens is 2. The number of hydrogen-bond acceptors (Lipinski definition) is 11. The summed E-state index contributed by atoms with van der Waals surface area (Å²) in [5, 5.41) is 5.05. The molecule has 0 aliphatic carbocycles. The molecule has 0 unspecified atom stereocenters. The Labute approximate surface area is 419 Å². The van der Waals surface area contributed by atoms with Crippen LogP contribution >= 0.6 is 0 Å². The number of amides is 5. The van der Waals surface area contributed by atoms with Crippen molar-refractivity contribution in [3.63, 3.8) is 0 Å². The lowest BCUT2D eigenvalue weighted by atomic mass is 9.83. The molecule has 0 radical (unpaired) electrons. The highest BCUT2D eigenvalue weighted by Gasteiger charge is 2.48. The fourth-order valence-corrected chi connectivity index (χ4v) is 11.3. The molecule has 6 aliphatic heterocycles. The number of urea groups is 1. The van der Waals surface area contributed by atoms with Crippen molar-refractivity contribution in [2.45, 2.75) is 128 Å². The van der Waals surface area contributed by atoms with Crippen molar-refractivity contribution in [1.29, 1.82) is 0 Å². The van der Waals surface area contributed by atoms with Gasteiger partial charge in [-0.1, -0.05) is 40.3 Å². The van der Waals surface area contributed by atoms with Crippen LogP contribution in [0.2, 0.25) is 0 Å².